The van der Waals surface area contributed by atoms with Crippen LogP contribution in [0.4, 0.5) is 5.69 Å². The molecule has 0 unspecified atom stereocenters. The zero-order chi connectivity index (χ0) is 28.2. The maximum absolute atomic E-state index is 5.99. The van der Waals surface area contributed by atoms with E-state index in [1.165, 1.54) is 11.3 Å². The number of aromatic amines is 1. The van der Waals surface area contributed by atoms with Crippen LogP contribution in [0.25, 0.3) is 33.8 Å². The first-order valence-corrected chi connectivity index (χ1v) is 14.2. The third-order valence-electron chi connectivity index (χ3n) is 7.95. The summed E-state index contributed by atoms with van der Waals surface area (Å²) in [6, 6.07) is 29.4. The quantitative estimate of drug-likeness (QED) is 0.206. The summed E-state index contributed by atoms with van der Waals surface area (Å²) in [5.41, 5.74) is 9.91. The molecule has 0 amide bonds. The molecule has 1 fully saturated rings. The summed E-state index contributed by atoms with van der Waals surface area (Å²) in [4.78, 5) is 13.0. The van der Waals surface area contributed by atoms with Crippen LogP contribution in [-0.4, -0.2) is 48.1 Å². The van der Waals surface area contributed by atoms with Crippen molar-refractivity contribution in [3.05, 3.63) is 126 Å². The molecule has 0 bridgehead atoms. The summed E-state index contributed by atoms with van der Waals surface area (Å²) < 4.78 is 5.99. The van der Waals surface area contributed by atoms with Gasteiger partial charge in [-0.05, 0) is 83.8 Å². The smallest absolute Gasteiger partial charge is 0.138 e. The number of hydrogen-bond acceptors (Lipinski definition) is 4. The molecular formula is C36H36N4O. The maximum Gasteiger partial charge on any atom is 0.138 e. The lowest BCUT2D eigenvalue weighted by molar-refractivity contribution is 0.306. The molecule has 41 heavy (non-hydrogen) atoms. The van der Waals surface area contributed by atoms with Gasteiger partial charge in [0.25, 0.3) is 0 Å². The van der Waals surface area contributed by atoms with Crippen molar-refractivity contribution < 1.29 is 4.74 Å². The van der Waals surface area contributed by atoms with E-state index in [0.717, 1.165) is 76.5 Å². The minimum atomic E-state index is 0.554. The molecule has 5 nitrogen and oxygen atoms in total. The number of likely N-dealkylation sites (N-methyl/N-ethyl adjacent to an activating group) is 1. The van der Waals surface area contributed by atoms with E-state index in [0.29, 0.717) is 6.61 Å². The molecule has 2 aromatic heterocycles. The number of ether oxygens (including phenoxy) is 1. The van der Waals surface area contributed by atoms with Gasteiger partial charge >= 0.3 is 0 Å². The third-order valence-corrected chi connectivity index (χ3v) is 7.95. The molecule has 206 valence electrons. The predicted molar refractivity (Wildman–Crippen MR) is 171 cm³/mol. The minimum Gasteiger partial charge on any atom is -0.489 e. The normalized spacial score (nSPS) is 14.1. The number of H-pyrrole nitrogens is 1. The number of aromatic nitrogens is 2. The lowest BCUT2D eigenvalue weighted by Gasteiger charge is -2.34. The fourth-order valence-corrected chi connectivity index (χ4v) is 5.40. The van der Waals surface area contributed by atoms with Crippen LogP contribution < -0.4 is 9.64 Å². The molecule has 0 saturated carbocycles. The molecule has 0 atom stereocenters. The van der Waals surface area contributed by atoms with Gasteiger partial charge < -0.3 is 19.5 Å². The van der Waals surface area contributed by atoms with E-state index >= 15 is 0 Å². The van der Waals surface area contributed by atoms with E-state index < -0.39 is 0 Å². The summed E-state index contributed by atoms with van der Waals surface area (Å²) in [5.74, 6) is 0.854. The Kier molecular flexibility index (Phi) is 7.70. The standard InChI is InChI=1S/C36H36N4O/c1-26(29-10-14-31(15-11-29)40-23-21-39(3)22-24-40)9-18-34-27(2)35-33(19-20-37-36(35)38-34)30-12-16-32(17-13-30)41-25-28-7-5-4-6-8-28/h4-20H,1,21-25H2,2-3H3,(H,37,38)/b18-9-. The number of pyridine rings is 1. The van der Waals surface area contributed by atoms with Gasteiger partial charge in [-0.25, -0.2) is 4.98 Å². The Morgan fingerprint density at radius 1 is 0.927 bits per heavy atom. The Balaban J connectivity index is 1.17. The number of fused-ring (bicyclic) bond motifs is 1. The summed E-state index contributed by atoms with van der Waals surface area (Å²) >= 11 is 0. The van der Waals surface area contributed by atoms with E-state index in [1.54, 1.807) is 0 Å². The van der Waals surface area contributed by atoms with E-state index in [1.807, 2.05) is 36.5 Å². The number of allylic oxidation sites excluding steroid dienone is 2. The Morgan fingerprint density at radius 3 is 2.39 bits per heavy atom. The molecule has 1 aliphatic heterocycles. The second-order valence-electron chi connectivity index (χ2n) is 10.7. The van der Waals surface area contributed by atoms with Crippen molar-refractivity contribution in [2.45, 2.75) is 13.5 Å². The number of rotatable bonds is 8. The van der Waals surface area contributed by atoms with Crippen molar-refractivity contribution >= 4 is 28.4 Å². The highest BCUT2D eigenvalue weighted by molar-refractivity contribution is 5.98. The van der Waals surface area contributed by atoms with Gasteiger partial charge in [-0.3, -0.25) is 0 Å². The van der Waals surface area contributed by atoms with Crippen molar-refractivity contribution in [3.8, 4) is 16.9 Å². The number of nitrogens with one attached hydrogen (secondary N) is 1. The second kappa shape index (κ2) is 11.9. The van der Waals surface area contributed by atoms with Gasteiger partial charge in [-0.15, -0.1) is 0 Å². The van der Waals surface area contributed by atoms with Crippen LogP contribution in [0.3, 0.4) is 0 Å². The number of nitrogens with zero attached hydrogens (tertiary/aromatic N) is 3. The van der Waals surface area contributed by atoms with Crippen LogP contribution >= 0.6 is 0 Å². The van der Waals surface area contributed by atoms with Crippen LogP contribution in [0.2, 0.25) is 0 Å². The van der Waals surface area contributed by atoms with Crippen LogP contribution in [0.1, 0.15) is 22.4 Å². The van der Waals surface area contributed by atoms with Crippen molar-refractivity contribution in [3.63, 3.8) is 0 Å². The highest BCUT2D eigenvalue weighted by atomic mass is 16.5. The fourth-order valence-electron chi connectivity index (χ4n) is 5.40. The summed E-state index contributed by atoms with van der Waals surface area (Å²) in [7, 11) is 2.18. The number of anilines is 1. The van der Waals surface area contributed by atoms with Crippen LogP contribution in [0, 0.1) is 6.92 Å². The number of aryl methyl sites for hydroxylation is 1. The van der Waals surface area contributed by atoms with E-state index in [-0.39, 0.29) is 0 Å². The van der Waals surface area contributed by atoms with Crippen LogP contribution in [-0.2, 0) is 6.61 Å². The fraction of sp³-hybridized carbons (Fsp3) is 0.194. The van der Waals surface area contributed by atoms with Crippen molar-refractivity contribution in [1.82, 2.24) is 14.9 Å². The molecule has 6 rings (SSSR count). The Labute approximate surface area is 242 Å². The van der Waals surface area contributed by atoms with Gasteiger partial charge in [0, 0.05) is 49.1 Å². The first kappa shape index (κ1) is 26.6. The van der Waals surface area contributed by atoms with Gasteiger partial charge in [0.05, 0.1) is 0 Å². The van der Waals surface area contributed by atoms with Crippen LogP contribution in [0.5, 0.6) is 5.75 Å². The largest absolute Gasteiger partial charge is 0.489 e. The second-order valence-corrected chi connectivity index (χ2v) is 10.7. The average Bonchev–Trinajstić information content (AvgIpc) is 3.35. The van der Waals surface area contributed by atoms with Crippen LogP contribution in [0.15, 0.2) is 104 Å². The molecular weight excluding hydrogens is 504 g/mol. The molecule has 1 saturated heterocycles. The van der Waals surface area contributed by atoms with Crippen molar-refractivity contribution in [1.29, 1.82) is 0 Å². The molecule has 0 radical (unpaired) electrons. The van der Waals surface area contributed by atoms with E-state index in [4.69, 9.17) is 4.74 Å². The van der Waals surface area contributed by atoms with E-state index in [2.05, 4.69) is 107 Å². The number of benzene rings is 3. The van der Waals surface area contributed by atoms with E-state index in [9.17, 15) is 0 Å². The highest BCUT2D eigenvalue weighted by Gasteiger charge is 2.15. The number of piperazine rings is 1. The zero-order valence-corrected chi connectivity index (χ0v) is 23.8. The third kappa shape index (κ3) is 5.96. The van der Waals surface area contributed by atoms with Gasteiger partial charge in [0.1, 0.15) is 18.0 Å². The monoisotopic (exact) mass is 540 g/mol. The summed E-state index contributed by atoms with van der Waals surface area (Å²) in [6.07, 6.45) is 6.06. The molecule has 5 aromatic rings. The average molecular weight is 541 g/mol. The van der Waals surface area contributed by atoms with Gasteiger partial charge in [0.15, 0.2) is 0 Å². The first-order chi connectivity index (χ1) is 20.0. The molecule has 3 heterocycles. The van der Waals surface area contributed by atoms with Gasteiger partial charge in [0.2, 0.25) is 0 Å². The summed E-state index contributed by atoms with van der Waals surface area (Å²) in [5, 5.41) is 1.13. The Morgan fingerprint density at radius 2 is 1.66 bits per heavy atom. The Bertz CT molecular complexity index is 1660. The lowest BCUT2D eigenvalue weighted by atomic mass is 10.0. The maximum atomic E-state index is 5.99. The highest BCUT2D eigenvalue weighted by Crippen LogP contribution is 2.33. The Hall–Kier alpha value is -4.61. The molecule has 5 heteroatoms. The van der Waals surface area contributed by atoms with Gasteiger partial charge in [-0.1, -0.05) is 67.3 Å². The number of hydrogen-bond donors (Lipinski definition) is 1. The zero-order valence-electron chi connectivity index (χ0n) is 23.8. The summed E-state index contributed by atoms with van der Waals surface area (Å²) in [6.45, 7) is 11.4. The molecule has 0 spiro atoms. The lowest BCUT2D eigenvalue weighted by Crippen LogP contribution is -2.44. The molecule has 1 aliphatic rings. The molecule has 3 aromatic carbocycles. The SMILES string of the molecule is C=C(/C=C\c1[nH]c2nccc(-c3ccc(OCc4ccccc4)cc3)c2c1C)c1ccc(N2CCN(C)CC2)cc1. The predicted octanol–water partition coefficient (Wildman–Crippen LogP) is 7.60. The molecule has 0 aliphatic carbocycles. The first-order valence-electron chi connectivity index (χ1n) is 14.2. The topological polar surface area (TPSA) is 44.4 Å². The minimum absolute atomic E-state index is 0.554. The molecule has 1 N–H and O–H groups in total. The van der Waals surface area contributed by atoms with Crippen molar-refractivity contribution in [2.75, 3.05) is 38.1 Å². The van der Waals surface area contributed by atoms with Gasteiger partial charge in [-0.2, -0.15) is 0 Å². The van der Waals surface area contributed by atoms with Crippen molar-refractivity contribution in [2.24, 2.45) is 0 Å².